The van der Waals surface area contributed by atoms with Gasteiger partial charge in [0, 0.05) is 16.0 Å². The molecule has 0 saturated carbocycles. The van der Waals surface area contributed by atoms with Gasteiger partial charge in [-0.25, -0.2) is 9.18 Å². The Kier molecular flexibility index (Phi) is 6.04. The molecule has 2 N–H and O–H groups in total. The number of halogens is 2. The molecule has 0 saturated heterocycles. The monoisotopic (exact) mass is 483 g/mol. The van der Waals surface area contributed by atoms with Crippen molar-refractivity contribution in [3.8, 4) is 11.1 Å². The largest absolute Gasteiger partial charge is 0.481 e. The molecule has 1 aliphatic rings. The van der Waals surface area contributed by atoms with Crippen molar-refractivity contribution in [1.82, 2.24) is 5.32 Å². The molecule has 4 rings (SSSR count). The van der Waals surface area contributed by atoms with Gasteiger partial charge in [0.2, 0.25) is 0 Å². The molecular weight excluding hydrogens is 465 g/mol. The molecule has 0 aromatic heterocycles. The third-order valence-electron chi connectivity index (χ3n) is 5.35. The Morgan fingerprint density at radius 2 is 1.65 bits per heavy atom. The van der Waals surface area contributed by atoms with Crippen molar-refractivity contribution in [3.63, 3.8) is 0 Å². The quantitative estimate of drug-likeness (QED) is 0.475. The van der Waals surface area contributed by atoms with Crippen LogP contribution in [0.3, 0.4) is 0 Å². The Morgan fingerprint density at radius 1 is 1.03 bits per heavy atom. The van der Waals surface area contributed by atoms with Gasteiger partial charge in [-0.1, -0.05) is 70.5 Å². The molecule has 0 aliphatic heterocycles. The van der Waals surface area contributed by atoms with Crippen LogP contribution >= 0.6 is 15.9 Å². The molecule has 1 amide bonds. The fourth-order valence-electron chi connectivity index (χ4n) is 3.98. The van der Waals surface area contributed by atoms with Gasteiger partial charge in [-0.15, -0.1) is 0 Å². The fourth-order valence-corrected chi connectivity index (χ4v) is 4.31. The molecule has 158 valence electrons. The van der Waals surface area contributed by atoms with Crippen LogP contribution in [0.15, 0.2) is 71.2 Å². The summed E-state index contributed by atoms with van der Waals surface area (Å²) in [5.74, 6) is -1.90. The predicted molar refractivity (Wildman–Crippen MR) is 117 cm³/mol. The number of carboxylic acid groups (broad SMARTS) is 1. The number of benzene rings is 3. The molecule has 1 atom stereocenters. The van der Waals surface area contributed by atoms with E-state index >= 15 is 0 Å². The molecule has 3 aromatic carbocycles. The lowest BCUT2D eigenvalue weighted by Gasteiger charge is -2.20. The average Bonchev–Trinajstić information content (AvgIpc) is 3.05. The summed E-state index contributed by atoms with van der Waals surface area (Å²) in [5, 5.41) is 11.7. The van der Waals surface area contributed by atoms with Crippen molar-refractivity contribution in [3.05, 3.63) is 93.7 Å². The van der Waals surface area contributed by atoms with Crippen LogP contribution in [0.5, 0.6) is 0 Å². The number of fused-ring (bicyclic) bond motifs is 3. The smallest absolute Gasteiger partial charge is 0.407 e. The van der Waals surface area contributed by atoms with Crippen molar-refractivity contribution in [2.24, 2.45) is 0 Å². The number of hydrogen-bond acceptors (Lipinski definition) is 3. The Labute approximate surface area is 187 Å². The lowest BCUT2D eigenvalue weighted by atomic mass is 9.98. The van der Waals surface area contributed by atoms with Crippen molar-refractivity contribution < 1.29 is 23.8 Å². The predicted octanol–water partition coefficient (Wildman–Crippen LogP) is 5.64. The summed E-state index contributed by atoms with van der Waals surface area (Å²) >= 11 is 3.17. The second-order valence-corrected chi connectivity index (χ2v) is 8.20. The van der Waals surface area contributed by atoms with Gasteiger partial charge >= 0.3 is 12.1 Å². The summed E-state index contributed by atoms with van der Waals surface area (Å²) < 4.78 is 20.3. The minimum absolute atomic E-state index is 0.0825. The SMILES string of the molecule is O=C(O)CC(NC(=O)OCC1c2ccccc2-c2ccccc21)c1ccc(Br)cc1F. The summed E-state index contributed by atoms with van der Waals surface area (Å²) in [6.07, 6.45) is -1.27. The molecule has 31 heavy (non-hydrogen) atoms. The van der Waals surface area contributed by atoms with Gasteiger partial charge in [0.15, 0.2) is 0 Å². The second kappa shape index (κ2) is 8.89. The number of amides is 1. The lowest BCUT2D eigenvalue weighted by molar-refractivity contribution is -0.137. The van der Waals surface area contributed by atoms with E-state index in [1.807, 2.05) is 48.5 Å². The first-order chi connectivity index (χ1) is 14.9. The maximum Gasteiger partial charge on any atom is 0.407 e. The zero-order valence-corrected chi connectivity index (χ0v) is 17.9. The molecular formula is C24H19BrFNO4. The van der Waals surface area contributed by atoms with Crippen LogP contribution in [-0.4, -0.2) is 23.8 Å². The molecule has 0 radical (unpaired) electrons. The number of carbonyl (C=O) groups excluding carboxylic acids is 1. The molecule has 0 fully saturated rings. The highest BCUT2D eigenvalue weighted by Gasteiger charge is 2.29. The van der Waals surface area contributed by atoms with E-state index in [9.17, 15) is 19.1 Å². The number of aliphatic carboxylic acids is 1. The highest BCUT2D eigenvalue weighted by molar-refractivity contribution is 9.10. The molecule has 0 spiro atoms. The van der Waals surface area contributed by atoms with Crippen LogP contribution in [-0.2, 0) is 9.53 Å². The number of rotatable bonds is 6. The van der Waals surface area contributed by atoms with E-state index in [1.54, 1.807) is 6.07 Å². The average molecular weight is 484 g/mol. The number of nitrogens with one attached hydrogen (secondary N) is 1. The first-order valence-corrected chi connectivity index (χ1v) is 10.5. The lowest BCUT2D eigenvalue weighted by Crippen LogP contribution is -2.32. The van der Waals surface area contributed by atoms with Crippen LogP contribution < -0.4 is 5.32 Å². The molecule has 5 nitrogen and oxygen atoms in total. The van der Waals surface area contributed by atoms with E-state index in [0.29, 0.717) is 4.47 Å². The maximum atomic E-state index is 14.3. The van der Waals surface area contributed by atoms with Crippen LogP contribution in [0.2, 0.25) is 0 Å². The molecule has 1 aliphatic carbocycles. The zero-order valence-electron chi connectivity index (χ0n) is 16.3. The van der Waals surface area contributed by atoms with Gasteiger partial charge in [0.05, 0.1) is 12.5 Å². The fraction of sp³-hybridized carbons (Fsp3) is 0.167. The number of ether oxygens (including phenoxy) is 1. The van der Waals surface area contributed by atoms with Crippen molar-refractivity contribution in [1.29, 1.82) is 0 Å². The first-order valence-electron chi connectivity index (χ1n) is 9.72. The summed E-state index contributed by atoms with van der Waals surface area (Å²) in [6.45, 7) is 0.0858. The minimum atomic E-state index is -1.16. The van der Waals surface area contributed by atoms with E-state index in [-0.39, 0.29) is 18.1 Å². The second-order valence-electron chi connectivity index (χ2n) is 7.29. The molecule has 7 heteroatoms. The minimum Gasteiger partial charge on any atom is -0.481 e. The number of alkyl carbamates (subject to hydrolysis) is 1. The topological polar surface area (TPSA) is 75.6 Å². The molecule has 0 heterocycles. The van der Waals surface area contributed by atoms with Crippen molar-refractivity contribution in [2.75, 3.05) is 6.61 Å². The van der Waals surface area contributed by atoms with E-state index in [2.05, 4.69) is 21.2 Å². The van der Waals surface area contributed by atoms with Gasteiger partial charge in [-0.05, 0) is 34.4 Å². The highest BCUT2D eigenvalue weighted by atomic mass is 79.9. The molecule has 1 unspecified atom stereocenters. The Bertz CT molecular complexity index is 1100. The van der Waals surface area contributed by atoms with E-state index in [1.165, 1.54) is 12.1 Å². The first kappa shape index (κ1) is 21.1. The van der Waals surface area contributed by atoms with Crippen LogP contribution in [0, 0.1) is 5.82 Å². The number of hydrogen-bond donors (Lipinski definition) is 2. The summed E-state index contributed by atoms with van der Waals surface area (Å²) in [5.41, 5.74) is 4.43. The van der Waals surface area contributed by atoms with Crippen molar-refractivity contribution >= 4 is 28.0 Å². The normalized spacial score (nSPS) is 13.2. The van der Waals surface area contributed by atoms with E-state index in [4.69, 9.17) is 4.74 Å². The van der Waals surface area contributed by atoms with Crippen LogP contribution in [0.4, 0.5) is 9.18 Å². The Morgan fingerprint density at radius 3 is 2.23 bits per heavy atom. The highest BCUT2D eigenvalue weighted by Crippen LogP contribution is 2.44. The molecule has 0 bridgehead atoms. The van der Waals surface area contributed by atoms with Crippen LogP contribution in [0.25, 0.3) is 11.1 Å². The Hall–Kier alpha value is -3.19. The van der Waals surface area contributed by atoms with E-state index in [0.717, 1.165) is 22.3 Å². The summed E-state index contributed by atoms with van der Waals surface area (Å²) in [7, 11) is 0. The van der Waals surface area contributed by atoms with Gasteiger partial charge in [0.25, 0.3) is 0 Å². The van der Waals surface area contributed by atoms with Crippen LogP contribution in [0.1, 0.15) is 35.1 Å². The Balaban J connectivity index is 1.50. The zero-order chi connectivity index (χ0) is 22.0. The standard InChI is InChI=1S/C24H19BrFNO4/c25-14-9-10-19(21(26)11-14)22(12-23(28)29)27-24(30)31-13-20-17-7-3-1-5-15(17)16-6-2-4-8-18(16)20/h1-11,20,22H,12-13H2,(H,27,30)(H,28,29). The summed E-state index contributed by atoms with van der Waals surface area (Å²) in [4.78, 5) is 23.8. The maximum absolute atomic E-state index is 14.3. The number of carbonyl (C=O) groups is 2. The van der Waals surface area contributed by atoms with Gasteiger partial charge in [-0.2, -0.15) is 0 Å². The third-order valence-corrected chi connectivity index (χ3v) is 5.85. The van der Waals surface area contributed by atoms with Gasteiger partial charge in [-0.3, -0.25) is 4.79 Å². The molecule has 3 aromatic rings. The van der Waals surface area contributed by atoms with Gasteiger partial charge < -0.3 is 15.2 Å². The van der Waals surface area contributed by atoms with Crippen molar-refractivity contribution in [2.45, 2.75) is 18.4 Å². The summed E-state index contributed by atoms with van der Waals surface area (Å²) in [6, 6.07) is 19.1. The van der Waals surface area contributed by atoms with Gasteiger partial charge in [0.1, 0.15) is 12.4 Å². The number of carboxylic acids is 1. The van der Waals surface area contributed by atoms with E-state index < -0.39 is 30.3 Å². The third kappa shape index (κ3) is 4.46.